The molecule has 0 radical (unpaired) electrons. The van der Waals surface area contributed by atoms with Crippen LogP contribution in [0.5, 0.6) is 5.75 Å². The van der Waals surface area contributed by atoms with Crippen LogP contribution in [0.15, 0.2) is 48.5 Å². The van der Waals surface area contributed by atoms with Gasteiger partial charge in [0.1, 0.15) is 5.75 Å². The summed E-state index contributed by atoms with van der Waals surface area (Å²) in [5.74, 6) is 0.596. The quantitative estimate of drug-likeness (QED) is 0.758. The lowest BCUT2D eigenvalue weighted by atomic mass is 10.1. The lowest BCUT2D eigenvalue weighted by Crippen LogP contribution is -2.34. The van der Waals surface area contributed by atoms with E-state index in [0.29, 0.717) is 18.7 Å². The van der Waals surface area contributed by atoms with E-state index in [1.54, 1.807) is 26.3 Å². The van der Waals surface area contributed by atoms with Crippen LogP contribution in [0, 0.1) is 0 Å². The van der Waals surface area contributed by atoms with E-state index in [9.17, 15) is 9.59 Å². The molecular formula is C20H25N3O3. The first-order chi connectivity index (χ1) is 12.5. The van der Waals surface area contributed by atoms with Gasteiger partial charge in [0.2, 0.25) is 5.91 Å². The molecule has 0 saturated heterocycles. The monoisotopic (exact) mass is 355 g/mol. The smallest absolute Gasteiger partial charge is 0.251 e. The van der Waals surface area contributed by atoms with Crippen molar-refractivity contribution in [2.45, 2.75) is 13.1 Å². The fraction of sp³-hybridized carbons (Fsp3) is 0.300. The van der Waals surface area contributed by atoms with Crippen molar-refractivity contribution in [1.29, 1.82) is 0 Å². The molecule has 0 spiro atoms. The minimum Gasteiger partial charge on any atom is -0.496 e. The Kier molecular flexibility index (Phi) is 7.17. The van der Waals surface area contributed by atoms with Crippen LogP contribution in [0.25, 0.3) is 0 Å². The van der Waals surface area contributed by atoms with E-state index >= 15 is 0 Å². The number of carbonyl (C=O) groups is 2. The Morgan fingerprint density at radius 3 is 2.42 bits per heavy atom. The van der Waals surface area contributed by atoms with Gasteiger partial charge < -0.3 is 15.4 Å². The molecule has 6 heteroatoms. The third kappa shape index (κ3) is 5.60. The first-order valence-electron chi connectivity index (χ1n) is 8.41. The molecule has 6 nitrogen and oxygen atoms in total. The van der Waals surface area contributed by atoms with Crippen molar-refractivity contribution < 1.29 is 14.3 Å². The fourth-order valence-electron chi connectivity index (χ4n) is 2.62. The van der Waals surface area contributed by atoms with Crippen LogP contribution in [-0.2, 0) is 17.9 Å². The molecule has 0 saturated carbocycles. The Morgan fingerprint density at radius 1 is 1.08 bits per heavy atom. The Labute approximate surface area is 154 Å². The Balaban J connectivity index is 1.82. The Hall–Kier alpha value is -2.86. The van der Waals surface area contributed by atoms with Gasteiger partial charge >= 0.3 is 0 Å². The van der Waals surface area contributed by atoms with Gasteiger partial charge in [-0.3, -0.25) is 14.5 Å². The lowest BCUT2D eigenvalue weighted by molar-refractivity contribution is -0.122. The molecule has 0 bridgehead atoms. The highest BCUT2D eigenvalue weighted by molar-refractivity contribution is 5.93. The van der Waals surface area contributed by atoms with Crippen molar-refractivity contribution >= 4 is 11.8 Å². The van der Waals surface area contributed by atoms with E-state index < -0.39 is 0 Å². The Morgan fingerprint density at radius 2 is 1.77 bits per heavy atom. The van der Waals surface area contributed by atoms with Crippen molar-refractivity contribution in [3.05, 3.63) is 65.2 Å². The molecule has 0 aliphatic rings. The predicted octanol–water partition coefficient (Wildman–Crippen LogP) is 1.80. The molecule has 2 amide bonds. The van der Waals surface area contributed by atoms with Gasteiger partial charge in [-0.1, -0.05) is 30.3 Å². The van der Waals surface area contributed by atoms with Crippen molar-refractivity contribution in [3.63, 3.8) is 0 Å². The van der Waals surface area contributed by atoms with Gasteiger partial charge in [0.05, 0.1) is 13.7 Å². The van der Waals surface area contributed by atoms with Crippen LogP contribution in [0.1, 0.15) is 21.5 Å². The summed E-state index contributed by atoms with van der Waals surface area (Å²) in [6.07, 6.45) is 0. The first kappa shape index (κ1) is 19.5. The second-order valence-electron chi connectivity index (χ2n) is 6.04. The zero-order valence-electron chi connectivity index (χ0n) is 15.4. The van der Waals surface area contributed by atoms with Crippen LogP contribution in [0.3, 0.4) is 0 Å². The second kappa shape index (κ2) is 9.58. The van der Waals surface area contributed by atoms with Gasteiger partial charge in [0.25, 0.3) is 5.91 Å². The highest BCUT2D eigenvalue weighted by Gasteiger charge is 2.09. The number of likely N-dealkylation sites (N-methyl/N-ethyl adjacent to an activating group) is 1. The maximum Gasteiger partial charge on any atom is 0.251 e. The molecule has 0 fully saturated rings. The first-order valence-corrected chi connectivity index (χ1v) is 8.41. The second-order valence-corrected chi connectivity index (χ2v) is 6.04. The highest BCUT2D eigenvalue weighted by Crippen LogP contribution is 2.16. The van der Waals surface area contributed by atoms with Crippen LogP contribution in [0.4, 0.5) is 0 Å². The molecule has 2 rings (SSSR count). The number of hydrogen-bond donors (Lipinski definition) is 2. The summed E-state index contributed by atoms with van der Waals surface area (Å²) < 4.78 is 5.28. The zero-order valence-corrected chi connectivity index (χ0v) is 15.4. The van der Waals surface area contributed by atoms with E-state index in [1.165, 1.54) is 0 Å². The third-order valence-corrected chi connectivity index (χ3v) is 3.98. The molecule has 26 heavy (non-hydrogen) atoms. The van der Waals surface area contributed by atoms with Crippen molar-refractivity contribution in [2.75, 3.05) is 27.7 Å². The van der Waals surface area contributed by atoms with E-state index in [2.05, 4.69) is 10.6 Å². The van der Waals surface area contributed by atoms with Crippen molar-refractivity contribution in [2.24, 2.45) is 0 Å². The SMILES string of the molecule is CNC(=O)c1ccc(CN(C)CC(=O)NCc2ccccc2OC)cc1. The minimum absolute atomic E-state index is 0.0552. The van der Waals surface area contributed by atoms with Gasteiger partial charge in [-0.25, -0.2) is 0 Å². The number of benzene rings is 2. The molecule has 0 aliphatic heterocycles. The van der Waals surface area contributed by atoms with Gasteiger partial charge in [-0.15, -0.1) is 0 Å². The molecular weight excluding hydrogens is 330 g/mol. The molecule has 0 heterocycles. The number of nitrogens with one attached hydrogen (secondary N) is 2. The van der Waals surface area contributed by atoms with Crippen LogP contribution < -0.4 is 15.4 Å². The van der Waals surface area contributed by atoms with Gasteiger partial charge in [-0.2, -0.15) is 0 Å². The summed E-state index contributed by atoms with van der Waals surface area (Å²) in [6.45, 7) is 1.33. The Bertz CT molecular complexity index is 744. The van der Waals surface area contributed by atoms with E-state index in [0.717, 1.165) is 16.9 Å². The number of carbonyl (C=O) groups excluding carboxylic acids is 2. The zero-order chi connectivity index (χ0) is 18.9. The van der Waals surface area contributed by atoms with Crippen LogP contribution in [-0.4, -0.2) is 44.5 Å². The van der Waals surface area contributed by atoms with Crippen molar-refractivity contribution in [3.8, 4) is 5.75 Å². The van der Waals surface area contributed by atoms with Crippen LogP contribution in [0.2, 0.25) is 0 Å². The number of nitrogens with zero attached hydrogens (tertiary/aromatic N) is 1. The van der Waals surface area contributed by atoms with Gasteiger partial charge in [-0.05, 0) is 30.8 Å². The summed E-state index contributed by atoms with van der Waals surface area (Å²) in [5, 5.41) is 5.50. The topological polar surface area (TPSA) is 70.7 Å². The largest absolute Gasteiger partial charge is 0.496 e. The van der Waals surface area contributed by atoms with E-state index in [4.69, 9.17) is 4.74 Å². The fourth-order valence-corrected chi connectivity index (χ4v) is 2.62. The molecule has 138 valence electrons. The standard InChI is InChI=1S/C20H25N3O3/c1-21-20(25)16-10-8-15(9-11-16)13-23(2)14-19(24)22-12-17-6-4-5-7-18(17)26-3/h4-11H,12-14H2,1-3H3,(H,21,25)(H,22,24). The molecule has 0 aliphatic carbocycles. The maximum absolute atomic E-state index is 12.2. The summed E-state index contributed by atoms with van der Waals surface area (Å²) >= 11 is 0. The maximum atomic E-state index is 12.2. The van der Waals surface area contributed by atoms with Crippen LogP contribution >= 0.6 is 0 Å². The average molecular weight is 355 g/mol. The van der Waals surface area contributed by atoms with Gasteiger partial charge in [0, 0.05) is 31.3 Å². The lowest BCUT2D eigenvalue weighted by Gasteiger charge is -2.17. The number of methoxy groups -OCH3 is 1. The molecule has 2 aromatic rings. The van der Waals surface area contributed by atoms with E-state index in [-0.39, 0.29) is 18.4 Å². The highest BCUT2D eigenvalue weighted by atomic mass is 16.5. The predicted molar refractivity (Wildman–Crippen MR) is 101 cm³/mol. The summed E-state index contributed by atoms with van der Waals surface area (Å²) in [5.41, 5.74) is 2.60. The number of para-hydroxylation sites is 1. The van der Waals surface area contributed by atoms with E-state index in [1.807, 2.05) is 48.3 Å². The molecule has 0 atom stereocenters. The molecule has 2 N–H and O–H groups in total. The summed E-state index contributed by atoms with van der Waals surface area (Å²) in [7, 11) is 5.10. The minimum atomic E-state index is -0.111. The molecule has 2 aromatic carbocycles. The number of hydrogen-bond acceptors (Lipinski definition) is 4. The number of amides is 2. The normalized spacial score (nSPS) is 10.5. The third-order valence-electron chi connectivity index (χ3n) is 3.98. The average Bonchev–Trinajstić information content (AvgIpc) is 2.66. The summed E-state index contributed by atoms with van der Waals surface area (Å²) in [6, 6.07) is 15.0. The van der Waals surface area contributed by atoms with Crippen molar-refractivity contribution in [1.82, 2.24) is 15.5 Å². The molecule has 0 aromatic heterocycles. The van der Waals surface area contributed by atoms with Gasteiger partial charge in [0.15, 0.2) is 0 Å². The number of ether oxygens (including phenoxy) is 1. The molecule has 0 unspecified atom stereocenters. The summed E-state index contributed by atoms with van der Waals surface area (Å²) in [4.78, 5) is 25.6. The number of rotatable bonds is 8.